The first-order valence-corrected chi connectivity index (χ1v) is 19.0. The Morgan fingerprint density at radius 1 is 0.541 bits per heavy atom. The van der Waals surface area contributed by atoms with Gasteiger partial charge in [0, 0.05) is 23.9 Å². The monoisotopic (exact) mass is 1030 g/mol. The van der Waals surface area contributed by atoms with Crippen LogP contribution < -0.4 is 4.74 Å². The Bertz CT molecular complexity index is 2330. The number of benzene rings is 5. The zero-order valence-electron chi connectivity index (χ0n) is 30.7. The van der Waals surface area contributed by atoms with Crippen LogP contribution in [0.15, 0.2) is 142 Å². The first-order valence-electron chi connectivity index (χ1n) is 15.8. The second-order valence-electron chi connectivity index (χ2n) is 10.6. The smallest absolute Gasteiger partial charge is 0.406 e. The highest BCUT2D eigenvalue weighted by molar-refractivity contribution is 9.11. The summed E-state index contributed by atoms with van der Waals surface area (Å²) < 4.78 is 76.0. The fourth-order valence-corrected chi connectivity index (χ4v) is 5.79. The minimum absolute atomic E-state index is 0.0577. The molecule has 0 fully saturated rings. The summed E-state index contributed by atoms with van der Waals surface area (Å²) in [5.41, 5.74) is -0.227. The van der Waals surface area contributed by atoms with Gasteiger partial charge in [-0.1, -0.05) is 45.2 Å². The third-order valence-corrected chi connectivity index (χ3v) is 8.57. The summed E-state index contributed by atoms with van der Waals surface area (Å²) in [6.07, 6.45) is 2.27. The van der Waals surface area contributed by atoms with Crippen LogP contribution in [0.3, 0.4) is 0 Å². The maximum absolute atomic E-state index is 11.9. The minimum Gasteiger partial charge on any atom is -0.406 e. The molecule has 61 heavy (non-hydrogen) atoms. The summed E-state index contributed by atoms with van der Waals surface area (Å²) in [5, 5.41) is 1.22. The topological polar surface area (TPSA) is 156 Å². The van der Waals surface area contributed by atoms with Gasteiger partial charge in [-0.3, -0.25) is 0 Å². The van der Waals surface area contributed by atoms with E-state index in [-0.39, 0.29) is 33.8 Å². The van der Waals surface area contributed by atoms with Crippen molar-refractivity contribution in [2.45, 2.75) is 30.6 Å². The van der Waals surface area contributed by atoms with Crippen molar-refractivity contribution >= 4 is 126 Å². The molecule has 0 aliphatic carbocycles. The summed E-state index contributed by atoms with van der Waals surface area (Å²) in [6, 6.07) is 25.3. The van der Waals surface area contributed by atoms with Crippen LogP contribution in [-0.4, -0.2) is 42.3 Å². The second kappa shape index (κ2) is 27.9. The normalized spacial score (nSPS) is 9.70. The minimum atomic E-state index is -4.71. The number of aliphatic imine (C=N–C) groups is 5. The Hall–Kier alpha value is -5.73. The molecule has 0 saturated carbocycles. The molecule has 5 aromatic carbocycles. The lowest BCUT2D eigenvalue weighted by Crippen LogP contribution is -2.16. The molecule has 5 rings (SSSR count). The van der Waals surface area contributed by atoms with Crippen molar-refractivity contribution in [2.75, 3.05) is 0 Å². The van der Waals surface area contributed by atoms with Crippen molar-refractivity contribution in [3.8, 4) is 5.75 Å². The van der Waals surface area contributed by atoms with Gasteiger partial charge < -0.3 is 4.74 Å². The molecule has 0 spiro atoms. The number of nitrogens with zero attached hydrogens (tertiary/aromatic N) is 5. The Balaban J connectivity index is 0.000000383. The van der Waals surface area contributed by atoms with Gasteiger partial charge in [-0.05, 0) is 150 Å². The maximum Gasteiger partial charge on any atom is 0.573 e. The lowest BCUT2D eigenvalue weighted by atomic mass is 10.2. The molecule has 11 nitrogen and oxygen atoms in total. The molecule has 0 unspecified atom stereocenters. The third-order valence-electron chi connectivity index (χ3n) is 6.23. The Labute approximate surface area is 373 Å². The van der Waals surface area contributed by atoms with Gasteiger partial charge in [0.2, 0.25) is 30.4 Å². The third kappa shape index (κ3) is 24.2. The molecule has 0 aliphatic heterocycles. The number of thioether (sulfide) groups is 1. The highest BCUT2D eigenvalue weighted by Gasteiger charge is 2.31. The van der Waals surface area contributed by atoms with E-state index in [0.29, 0.717) is 27.1 Å². The standard InChI is InChI=1S/2C8H6ClNO.C8H4F3NO2.C8H4F3NOS.C7H3Br2NO/c1-6-4-7(9)2-3-8(6)10-5-11;1-6-2-3-7(9)4-8(6)10-5-11;2*9-8(10,11)14-7-3-1-6(2-4-7)12-5-13;8-5-1-2-7(10-4-11)6(9)3-5/h2*2-4H,1H3;2*1-4H;1-3H. The van der Waals surface area contributed by atoms with Crippen molar-refractivity contribution < 1.29 is 55.1 Å². The van der Waals surface area contributed by atoms with E-state index in [1.54, 1.807) is 48.5 Å². The maximum atomic E-state index is 11.9. The average molecular weight is 1030 g/mol. The van der Waals surface area contributed by atoms with E-state index in [1.807, 2.05) is 19.9 Å². The molecule has 0 aliphatic rings. The largest absolute Gasteiger partial charge is 0.573 e. The van der Waals surface area contributed by atoms with Gasteiger partial charge >= 0.3 is 11.9 Å². The molecule has 0 N–H and O–H groups in total. The van der Waals surface area contributed by atoms with E-state index >= 15 is 0 Å². The number of halogens is 10. The number of hydrogen-bond donors (Lipinski definition) is 0. The number of hydrogen-bond acceptors (Lipinski definition) is 12. The molecule has 0 bridgehead atoms. The van der Waals surface area contributed by atoms with E-state index in [1.165, 1.54) is 66.8 Å². The van der Waals surface area contributed by atoms with E-state index < -0.39 is 11.9 Å². The van der Waals surface area contributed by atoms with Crippen molar-refractivity contribution in [1.82, 2.24) is 0 Å². The molecule has 316 valence electrons. The second-order valence-corrected chi connectivity index (χ2v) is 14.3. The Morgan fingerprint density at radius 2 is 1.00 bits per heavy atom. The number of alkyl halides is 6. The van der Waals surface area contributed by atoms with Gasteiger partial charge in [-0.2, -0.15) is 38.1 Å². The molecular weight excluding hydrogens is 1010 g/mol. The van der Waals surface area contributed by atoms with Crippen LogP contribution in [0, 0.1) is 13.8 Å². The van der Waals surface area contributed by atoms with Crippen molar-refractivity contribution in [3.05, 3.63) is 133 Å². The average Bonchev–Trinajstić information content (AvgIpc) is 3.17. The summed E-state index contributed by atoms with van der Waals surface area (Å²) >= 11 is 17.6. The van der Waals surface area contributed by atoms with Crippen LogP contribution in [0.4, 0.5) is 54.8 Å². The van der Waals surface area contributed by atoms with E-state index in [0.717, 1.165) is 32.2 Å². The number of carbonyl (C=O) groups excluding carboxylic acids is 5. The molecule has 0 heterocycles. The molecule has 0 saturated heterocycles. The molecule has 5 aromatic rings. The fourth-order valence-electron chi connectivity index (χ4n) is 3.72. The fraction of sp³-hybridized carbons (Fsp3) is 0.103. The zero-order chi connectivity index (χ0) is 46.0. The SMILES string of the molecule is Cc1cc(Cl)ccc1N=C=O.Cc1ccc(Cl)cc1N=C=O.O=C=Nc1ccc(Br)cc1Br.O=C=Nc1ccc(OC(F)(F)F)cc1.O=C=Nc1ccc(SC(F)(F)F)cc1. The Morgan fingerprint density at radius 3 is 1.48 bits per heavy atom. The summed E-state index contributed by atoms with van der Waals surface area (Å²) in [4.78, 5) is 66.2. The molecular formula is C39H23Br2Cl2F6N5O6S. The lowest BCUT2D eigenvalue weighted by molar-refractivity contribution is -0.274. The summed E-state index contributed by atoms with van der Waals surface area (Å²) in [6.45, 7) is 3.69. The van der Waals surface area contributed by atoms with Crippen molar-refractivity contribution in [3.63, 3.8) is 0 Å². The molecule has 22 heteroatoms. The summed E-state index contributed by atoms with van der Waals surface area (Å²) in [7, 11) is 0. The highest BCUT2D eigenvalue weighted by atomic mass is 79.9. The number of ether oxygens (including phenoxy) is 1. The van der Waals surface area contributed by atoms with Gasteiger partial charge in [0.25, 0.3) is 0 Å². The lowest BCUT2D eigenvalue weighted by Gasteiger charge is -2.07. The van der Waals surface area contributed by atoms with Gasteiger partial charge in [-0.25, -0.2) is 24.0 Å². The quantitative estimate of drug-likeness (QED) is 0.0680. The van der Waals surface area contributed by atoms with Gasteiger partial charge in [-0.15, -0.1) is 13.2 Å². The number of rotatable bonds is 7. The van der Waals surface area contributed by atoms with Gasteiger partial charge in [0.15, 0.2) is 0 Å². The van der Waals surface area contributed by atoms with E-state index in [2.05, 4.69) is 61.6 Å². The van der Waals surface area contributed by atoms with Crippen LogP contribution in [0.25, 0.3) is 0 Å². The van der Waals surface area contributed by atoms with Crippen LogP contribution in [0.1, 0.15) is 11.1 Å². The predicted molar refractivity (Wildman–Crippen MR) is 225 cm³/mol. The van der Waals surface area contributed by atoms with Gasteiger partial charge in [0.05, 0.1) is 28.4 Å². The highest BCUT2D eigenvalue weighted by Crippen LogP contribution is 2.37. The van der Waals surface area contributed by atoms with Crippen molar-refractivity contribution in [1.29, 1.82) is 0 Å². The molecule has 0 radical (unpaired) electrons. The van der Waals surface area contributed by atoms with Gasteiger partial charge in [0.1, 0.15) is 5.75 Å². The van der Waals surface area contributed by atoms with Crippen LogP contribution in [0.2, 0.25) is 10.0 Å². The van der Waals surface area contributed by atoms with E-state index in [9.17, 15) is 50.3 Å². The van der Waals surface area contributed by atoms with Crippen LogP contribution in [0.5, 0.6) is 5.75 Å². The molecule has 0 aromatic heterocycles. The number of isocyanates is 5. The van der Waals surface area contributed by atoms with E-state index in [4.69, 9.17) is 23.2 Å². The Kier molecular flexibility index (Phi) is 24.4. The number of aryl methyl sites for hydroxylation is 2. The molecule has 0 atom stereocenters. The first-order chi connectivity index (χ1) is 28.7. The van der Waals surface area contributed by atoms with Crippen molar-refractivity contribution in [2.24, 2.45) is 25.0 Å². The first kappa shape index (κ1) is 53.3. The predicted octanol–water partition coefficient (Wildman–Crippen LogP) is 14.2. The zero-order valence-corrected chi connectivity index (χ0v) is 36.2. The summed E-state index contributed by atoms with van der Waals surface area (Å²) in [5.74, 6) is -0.359. The molecule has 0 amide bonds. The van der Waals surface area contributed by atoms with Crippen LogP contribution in [-0.2, 0) is 24.0 Å². The van der Waals surface area contributed by atoms with Crippen LogP contribution >= 0.6 is 66.8 Å².